The highest BCUT2D eigenvalue weighted by atomic mass is 16.6. The van der Waals surface area contributed by atoms with Gasteiger partial charge in [-0.1, -0.05) is 0 Å². The summed E-state index contributed by atoms with van der Waals surface area (Å²) in [7, 11) is 1.08. The molecule has 0 aliphatic heterocycles. The summed E-state index contributed by atoms with van der Waals surface area (Å²) < 4.78 is 9.12. The quantitative estimate of drug-likeness (QED) is 0.750. The molecule has 18 heavy (non-hydrogen) atoms. The summed E-state index contributed by atoms with van der Waals surface area (Å²) in [5.74, 6) is -3.03. The van der Waals surface area contributed by atoms with Crippen molar-refractivity contribution in [3.8, 4) is 0 Å². The van der Waals surface area contributed by atoms with Crippen molar-refractivity contribution in [2.75, 3.05) is 7.11 Å². The van der Waals surface area contributed by atoms with Gasteiger partial charge in [-0.25, -0.2) is 9.59 Å². The molecule has 0 aliphatic carbocycles. The SMILES string of the molecule is COC(=O)C(CC(=O)O)OC(=O)c1cccnc1. The molecule has 1 aromatic heterocycles. The normalized spacial score (nSPS) is 11.4. The summed E-state index contributed by atoms with van der Waals surface area (Å²) >= 11 is 0. The molecule has 0 spiro atoms. The fourth-order valence-electron chi connectivity index (χ4n) is 1.14. The Kier molecular flexibility index (Phi) is 4.79. The molecular weight excluding hydrogens is 242 g/mol. The summed E-state index contributed by atoms with van der Waals surface area (Å²) in [6, 6.07) is 2.95. The Morgan fingerprint density at radius 3 is 2.67 bits per heavy atom. The summed E-state index contributed by atoms with van der Waals surface area (Å²) in [5.41, 5.74) is 0.122. The lowest BCUT2D eigenvalue weighted by Crippen LogP contribution is -2.30. The number of esters is 2. The van der Waals surface area contributed by atoms with Gasteiger partial charge in [0.15, 0.2) is 0 Å². The number of ether oxygens (including phenoxy) is 2. The Labute approximate surface area is 102 Å². The van der Waals surface area contributed by atoms with Crippen LogP contribution in [0.3, 0.4) is 0 Å². The second kappa shape index (κ2) is 6.33. The third-order valence-corrected chi connectivity index (χ3v) is 1.97. The first-order valence-electron chi connectivity index (χ1n) is 4.95. The molecule has 96 valence electrons. The molecule has 0 bridgehead atoms. The molecular formula is C11H11NO6. The number of carboxylic acid groups (broad SMARTS) is 1. The summed E-state index contributed by atoms with van der Waals surface area (Å²) in [4.78, 5) is 37.1. The predicted octanol–water partition coefficient (Wildman–Crippen LogP) is 0.255. The van der Waals surface area contributed by atoms with Crippen LogP contribution < -0.4 is 0 Å². The van der Waals surface area contributed by atoms with Crippen LogP contribution >= 0.6 is 0 Å². The number of aromatic nitrogens is 1. The van der Waals surface area contributed by atoms with Gasteiger partial charge < -0.3 is 14.6 Å². The van der Waals surface area contributed by atoms with E-state index in [-0.39, 0.29) is 5.56 Å². The van der Waals surface area contributed by atoms with Gasteiger partial charge in [0.25, 0.3) is 0 Å². The van der Waals surface area contributed by atoms with Crippen LogP contribution in [0.25, 0.3) is 0 Å². The van der Waals surface area contributed by atoms with E-state index >= 15 is 0 Å². The molecule has 1 atom stereocenters. The third kappa shape index (κ3) is 3.85. The minimum atomic E-state index is -1.47. The van der Waals surface area contributed by atoms with E-state index in [1.807, 2.05) is 0 Å². The van der Waals surface area contributed by atoms with Crippen LogP contribution in [0.4, 0.5) is 0 Å². The minimum Gasteiger partial charge on any atom is -0.481 e. The maximum absolute atomic E-state index is 11.6. The molecule has 1 rings (SSSR count). The highest BCUT2D eigenvalue weighted by molar-refractivity contribution is 5.92. The molecule has 0 saturated heterocycles. The maximum atomic E-state index is 11.6. The van der Waals surface area contributed by atoms with Gasteiger partial charge in [0.2, 0.25) is 6.10 Å². The maximum Gasteiger partial charge on any atom is 0.347 e. The lowest BCUT2D eigenvalue weighted by Gasteiger charge is -2.13. The molecule has 1 N–H and O–H groups in total. The van der Waals surface area contributed by atoms with Crippen molar-refractivity contribution < 1.29 is 29.0 Å². The summed E-state index contributed by atoms with van der Waals surface area (Å²) in [5, 5.41) is 8.60. The topological polar surface area (TPSA) is 103 Å². The van der Waals surface area contributed by atoms with Crippen LogP contribution in [0.1, 0.15) is 16.8 Å². The summed E-state index contributed by atoms with van der Waals surface area (Å²) in [6.45, 7) is 0. The molecule has 7 nitrogen and oxygen atoms in total. The zero-order valence-electron chi connectivity index (χ0n) is 9.53. The molecule has 1 heterocycles. The van der Waals surface area contributed by atoms with Crippen molar-refractivity contribution in [1.29, 1.82) is 0 Å². The van der Waals surface area contributed by atoms with E-state index in [1.54, 1.807) is 0 Å². The molecule has 1 aromatic rings. The van der Waals surface area contributed by atoms with Gasteiger partial charge in [0, 0.05) is 12.4 Å². The van der Waals surface area contributed by atoms with Crippen LogP contribution in [0.2, 0.25) is 0 Å². The average Bonchev–Trinajstić information content (AvgIpc) is 2.37. The Balaban J connectivity index is 2.74. The number of aliphatic carboxylic acids is 1. The highest BCUT2D eigenvalue weighted by Gasteiger charge is 2.27. The molecule has 0 aliphatic rings. The number of hydrogen-bond acceptors (Lipinski definition) is 6. The lowest BCUT2D eigenvalue weighted by atomic mass is 10.2. The first kappa shape index (κ1) is 13.6. The van der Waals surface area contributed by atoms with E-state index in [1.165, 1.54) is 24.5 Å². The largest absolute Gasteiger partial charge is 0.481 e. The Morgan fingerprint density at radius 2 is 2.17 bits per heavy atom. The number of carboxylic acids is 1. The van der Waals surface area contributed by atoms with E-state index in [0.29, 0.717) is 0 Å². The van der Waals surface area contributed by atoms with Crippen molar-refractivity contribution in [2.24, 2.45) is 0 Å². The van der Waals surface area contributed by atoms with Gasteiger partial charge in [-0.15, -0.1) is 0 Å². The summed E-state index contributed by atoms with van der Waals surface area (Å²) in [6.07, 6.45) is 0.585. The molecule has 0 aromatic carbocycles. The van der Waals surface area contributed by atoms with Crippen molar-refractivity contribution in [1.82, 2.24) is 4.98 Å². The van der Waals surface area contributed by atoms with Crippen LogP contribution in [0.5, 0.6) is 0 Å². The van der Waals surface area contributed by atoms with E-state index < -0.39 is 30.4 Å². The number of hydrogen-bond donors (Lipinski definition) is 1. The second-order valence-corrected chi connectivity index (χ2v) is 3.26. The molecule has 1 unspecified atom stereocenters. The van der Waals surface area contributed by atoms with Crippen molar-refractivity contribution in [3.63, 3.8) is 0 Å². The van der Waals surface area contributed by atoms with Crippen LogP contribution in [-0.2, 0) is 19.1 Å². The number of carbonyl (C=O) groups is 3. The van der Waals surface area contributed by atoms with Crippen LogP contribution in [-0.4, -0.2) is 41.2 Å². The first-order chi connectivity index (χ1) is 8.54. The van der Waals surface area contributed by atoms with Gasteiger partial charge >= 0.3 is 17.9 Å². The van der Waals surface area contributed by atoms with Gasteiger partial charge in [-0.3, -0.25) is 9.78 Å². The third-order valence-electron chi connectivity index (χ3n) is 1.97. The molecule has 0 fully saturated rings. The molecule has 0 saturated carbocycles. The van der Waals surface area contributed by atoms with Crippen LogP contribution in [0.15, 0.2) is 24.5 Å². The van der Waals surface area contributed by atoms with E-state index in [9.17, 15) is 14.4 Å². The van der Waals surface area contributed by atoms with Crippen molar-refractivity contribution >= 4 is 17.9 Å². The fourth-order valence-corrected chi connectivity index (χ4v) is 1.14. The average molecular weight is 253 g/mol. The zero-order valence-corrected chi connectivity index (χ0v) is 9.53. The lowest BCUT2D eigenvalue weighted by molar-refractivity contribution is -0.156. The number of nitrogens with zero attached hydrogens (tertiary/aromatic N) is 1. The van der Waals surface area contributed by atoms with E-state index in [4.69, 9.17) is 9.84 Å². The van der Waals surface area contributed by atoms with E-state index in [0.717, 1.165) is 7.11 Å². The first-order valence-corrected chi connectivity index (χ1v) is 4.95. The van der Waals surface area contributed by atoms with Gasteiger partial charge in [0.05, 0.1) is 19.1 Å². The highest BCUT2D eigenvalue weighted by Crippen LogP contribution is 2.07. The predicted molar refractivity (Wildman–Crippen MR) is 57.7 cm³/mol. The molecule has 7 heteroatoms. The number of rotatable bonds is 5. The smallest absolute Gasteiger partial charge is 0.347 e. The number of carbonyl (C=O) groups excluding carboxylic acids is 2. The van der Waals surface area contributed by atoms with E-state index in [2.05, 4.69) is 9.72 Å². The molecule has 0 amide bonds. The monoisotopic (exact) mass is 253 g/mol. The van der Waals surface area contributed by atoms with Crippen molar-refractivity contribution in [3.05, 3.63) is 30.1 Å². The Hall–Kier alpha value is -2.44. The standard InChI is InChI=1S/C11H11NO6/c1-17-11(16)8(5-9(13)14)18-10(15)7-3-2-4-12-6-7/h2-4,6,8H,5H2,1H3,(H,13,14). The zero-order chi connectivity index (χ0) is 13.5. The number of methoxy groups -OCH3 is 1. The van der Waals surface area contributed by atoms with Gasteiger partial charge in [-0.2, -0.15) is 0 Å². The number of pyridine rings is 1. The van der Waals surface area contributed by atoms with Gasteiger partial charge in [-0.05, 0) is 12.1 Å². The fraction of sp³-hybridized carbons (Fsp3) is 0.273. The van der Waals surface area contributed by atoms with Gasteiger partial charge in [0.1, 0.15) is 0 Å². The van der Waals surface area contributed by atoms with Crippen molar-refractivity contribution in [2.45, 2.75) is 12.5 Å². The van der Waals surface area contributed by atoms with Crippen LogP contribution in [0, 0.1) is 0 Å². The minimum absolute atomic E-state index is 0.122. The Bertz CT molecular complexity index is 444. The Morgan fingerprint density at radius 1 is 1.44 bits per heavy atom. The second-order valence-electron chi connectivity index (χ2n) is 3.26. The molecule has 0 radical (unpaired) electrons.